The minimum atomic E-state index is -0.951. The zero-order valence-electron chi connectivity index (χ0n) is 15.7. The summed E-state index contributed by atoms with van der Waals surface area (Å²) in [6, 6.07) is 7.49. The minimum Gasteiger partial charge on any atom is -0.481 e. The van der Waals surface area contributed by atoms with E-state index in [4.69, 9.17) is 4.74 Å². The Kier molecular flexibility index (Phi) is 8.12. The van der Waals surface area contributed by atoms with Gasteiger partial charge in [-0.3, -0.25) is 14.4 Å². The largest absolute Gasteiger partial charge is 0.481 e. The predicted molar refractivity (Wildman–Crippen MR) is 104 cm³/mol. The molecule has 1 atom stereocenters. The number of hydrogen-bond acceptors (Lipinski definition) is 5. The van der Waals surface area contributed by atoms with Crippen LogP contribution in [0.25, 0.3) is 0 Å². The summed E-state index contributed by atoms with van der Waals surface area (Å²) in [5.74, 6) is -1.71. The lowest BCUT2D eigenvalue weighted by Crippen LogP contribution is -2.47. The number of para-hydroxylation sites is 1. The standard InChI is InChI=1S/C19H26N2O5S/c1-3-26-10-6-9-20(11-14(2)19(24)25)17(22)12-21-15-7-4-5-8-16(15)27-13-18(21)23/h4-5,7-8,14H,3,6,9-13H2,1-2H3,(H,24,25). The van der Waals surface area contributed by atoms with Gasteiger partial charge in [-0.05, 0) is 25.5 Å². The van der Waals surface area contributed by atoms with Gasteiger partial charge in [-0.25, -0.2) is 0 Å². The van der Waals surface area contributed by atoms with Crippen LogP contribution in [0.3, 0.4) is 0 Å². The van der Waals surface area contributed by atoms with Gasteiger partial charge in [0.2, 0.25) is 11.8 Å². The maximum atomic E-state index is 12.9. The maximum Gasteiger partial charge on any atom is 0.308 e. The number of ether oxygens (including phenoxy) is 1. The first-order valence-corrected chi connectivity index (χ1v) is 10.0. The topological polar surface area (TPSA) is 87.2 Å². The van der Waals surface area contributed by atoms with E-state index in [2.05, 4.69) is 0 Å². The minimum absolute atomic E-state index is 0.0859. The summed E-state index contributed by atoms with van der Waals surface area (Å²) < 4.78 is 5.31. The second-order valence-corrected chi connectivity index (χ2v) is 7.38. The number of nitrogens with zero attached hydrogens (tertiary/aromatic N) is 2. The Labute approximate surface area is 163 Å². The van der Waals surface area contributed by atoms with E-state index in [1.165, 1.54) is 21.6 Å². The van der Waals surface area contributed by atoms with Crippen LogP contribution in [0.1, 0.15) is 20.3 Å². The van der Waals surface area contributed by atoms with E-state index in [0.717, 1.165) is 10.6 Å². The molecular weight excluding hydrogens is 368 g/mol. The normalized spacial score (nSPS) is 14.6. The van der Waals surface area contributed by atoms with Crippen molar-refractivity contribution in [3.8, 4) is 0 Å². The summed E-state index contributed by atoms with van der Waals surface area (Å²) in [6.45, 7) is 4.99. The Balaban J connectivity index is 2.09. The Morgan fingerprint density at radius 3 is 2.81 bits per heavy atom. The fraction of sp³-hybridized carbons (Fsp3) is 0.526. The number of amides is 2. The second-order valence-electron chi connectivity index (χ2n) is 6.37. The smallest absolute Gasteiger partial charge is 0.308 e. The number of carbonyl (C=O) groups excluding carboxylic acids is 2. The molecule has 1 aliphatic heterocycles. The van der Waals surface area contributed by atoms with E-state index >= 15 is 0 Å². The number of fused-ring (bicyclic) bond motifs is 1. The van der Waals surface area contributed by atoms with Gasteiger partial charge in [0.1, 0.15) is 6.54 Å². The molecule has 0 bridgehead atoms. The predicted octanol–water partition coefficient (Wildman–Crippen LogP) is 2.10. The number of carboxylic acids is 1. The molecule has 0 saturated carbocycles. The quantitative estimate of drug-likeness (QED) is 0.612. The molecule has 148 valence electrons. The third-order valence-corrected chi connectivity index (χ3v) is 5.34. The number of benzene rings is 1. The molecule has 0 saturated heterocycles. The van der Waals surface area contributed by atoms with Crippen molar-refractivity contribution in [3.05, 3.63) is 24.3 Å². The zero-order chi connectivity index (χ0) is 19.8. The van der Waals surface area contributed by atoms with Crippen LogP contribution < -0.4 is 4.90 Å². The SMILES string of the molecule is CCOCCCN(CC(C)C(=O)O)C(=O)CN1C(=O)CSc2ccccc21. The van der Waals surface area contributed by atoms with Gasteiger partial charge in [0.05, 0.1) is 17.4 Å². The molecule has 1 N–H and O–H groups in total. The Morgan fingerprint density at radius 2 is 2.11 bits per heavy atom. The third-order valence-electron chi connectivity index (χ3n) is 4.29. The highest BCUT2D eigenvalue weighted by molar-refractivity contribution is 8.00. The van der Waals surface area contributed by atoms with Gasteiger partial charge in [-0.15, -0.1) is 11.8 Å². The van der Waals surface area contributed by atoms with Gasteiger partial charge in [-0.2, -0.15) is 0 Å². The summed E-state index contributed by atoms with van der Waals surface area (Å²) in [7, 11) is 0. The maximum absolute atomic E-state index is 12.9. The van der Waals surface area contributed by atoms with E-state index in [0.29, 0.717) is 31.9 Å². The lowest BCUT2D eigenvalue weighted by Gasteiger charge is -2.31. The summed E-state index contributed by atoms with van der Waals surface area (Å²) in [5, 5.41) is 9.19. The molecule has 1 aliphatic rings. The number of carbonyl (C=O) groups is 3. The number of carboxylic acid groups (broad SMARTS) is 1. The first-order valence-electron chi connectivity index (χ1n) is 9.04. The van der Waals surface area contributed by atoms with E-state index in [9.17, 15) is 19.5 Å². The summed E-state index contributed by atoms with van der Waals surface area (Å²) in [5.41, 5.74) is 0.729. The van der Waals surface area contributed by atoms with Crippen molar-refractivity contribution in [2.24, 2.45) is 5.92 Å². The highest BCUT2D eigenvalue weighted by Crippen LogP contribution is 2.34. The molecule has 0 aromatic heterocycles. The van der Waals surface area contributed by atoms with Gasteiger partial charge in [0.15, 0.2) is 0 Å². The average molecular weight is 394 g/mol. The van der Waals surface area contributed by atoms with Gasteiger partial charge in [0.25, 0.3) is 0 Å². The second kappa shape index (κ2) is 10.3. The van der Waals surface area contributed by atoms with Crippen molar-refractivity contribution in [1.82, 2.24) is 4.90 Å². The number of anilines is 1. The molecule has 1 aromatic carbocycles. The highest BCUT2D eigenvalue weighted by Gasteiger charge is 2.29. The van der Waals surface area contributed by atoms with E-state index in [1.54, 1.807) is 6.92 Å². The number of aliphatic carboxylic acids is 1. The molecule has 2 amide bonds. The molecule has 1 heterocycles. The Morgan fingerprint density at radius 1 is 1.37 bits per heavy atom. The van der Waals surface area contributed by atoms with Crippen molar-refractivity contribution < 1.29 is 24.2 Å². The van der Waals surface area contributed by atoms with E-state index < -0.39 is 11.9 Å². The average Bonchev–Trinajstić information content (AvgIpc) is 2.66. The molecule has 0 fully saturated rings. The lowest BCUT2D eigenvalue weighted by atomic mass is 10.1. The van der Waals surface area contributed by atoms with Crippen LogP contribution in [0.2, 0.25) is 0 Å². The first kappa shape index (κ1) is 21.2. The third kappa shape index (κ3) is 5.97. The Hall–Kier alpha value is -2.06. The number of thioether (sulfide) groups is 1. The summed E-state index contributed by atoms with van der Waals surface area (Å²) >= 11 is 1.46. The molecule has 0 spiro atoms. The highest BCUT2D eigenvalue weighted by atomic mass is 32.2. The molecule has 7 nitrogen and oxygen atoms in total. The molecule has 1 unspecified atom stereocenters. The number of rotatable bonds is 10. The number of hydrogen-bond donors (Lipinski definition) is 1. The van der Waals surface area contributed by atoms with Gasteiger partial charge in [-0.1, -0.05) is 19.1 Å². The molecule has 1 aromatic rings. The van der Waals surface area contributed by atoms with E-state index in [-0.39, 0.29) is 24.9 Å². The zero-order valence-corrected chi connectivity index (χ0v) is 16.5. The Bertz CT molecular complexity index is 682. The van der Waals surface area contributed by atoms with Crippen molar-refractivity contribution >= 4 is 35.2 Å². The van der Waals surface area contributed by atoms with Crippen molar-refractivity contribution in [3.63, 3.8) is 0 Å². The summed E-state index contributed by atoms with van der Waals surface area (Å²) in [4.78, 5) is 40.4. The summed E-state index contributed by atoms with van der Waals surface area (Å²) in [6.07, 6.45) is 0.617. The fourth-order valence-corrected chi connectivity index (χ4v) is 3.73. The van der Waals surface area contributed by atoms with Crippen LogP contribution in [0, 0.1) is 5.92 Å². The molecular formula is C19H26N2O5S. The van der Waals surface area contributed by atoms with Crippen LogP contribution in [0.5, 0.6) is 0 Å². The van der Waals surface area contributed by atoms with Gasteiger partial charge < -0.3 is 19.6 Å². The van der Waals surface area contributed by atoms with Crippen LogP contribution in [-0.4, -0.2) is 66.4 Å². The molecule has 0 aliphatic carbocycles. The van der Waals surface area contributed by atoms with Crippen LogP contribution >= 0.6 is 11.8 Å². The van der Waals surface area contributed by atoms with Crippen molar-refractivity contribution in [2.45, 2.75) is 25.2 Å². The molecule has 0 radical (unpaired) electrons. The molecule has 8 heteroatoms. The van der Waals surface area contributed by atoms with Gasteiger partial charge in [0, 0.05) is 31.2 Å². The molecule has 2 rings (SSSR count). The fourth-order valence-electron chi connectivity index (χ4n) is 2.79. The van der Waals surface area contributed by atoms with Gasteiger partial charge >= 0.3 is 5.97 Å². The van der Waals surface area contributed by atoms with Crippen LogP contribution in [-0.2, 0) is 19.1 Å². The van der Waals surface area contributed by atoms with Crippen molar-refractivity contribution in [2.75, 3.05) is 43.5 Å². The lowest BCUT2D eigenvalue weighted by molar-refractivity contribution is -0.143. The van der Waals surface area contributed by atoms with E-state index in [1.807, 2.05) is 31.2 Å². The monoisotopic (exact) mass is 394 g/mol. The first-order chi connectivity index (χ1) is 12.9. The van der Waals surface area contributed by atoms with Crippen LogP contribution in [0.4, 0.5) is 5.69 Å². The van der Waals surface area contributed by atoms with Crippen molar-refractivity contribution in [1.29, 1.82) is 0 Å². The van der Waals surface area contributed by atoms with Crippen LogP contribution in [0.15, 0.2) is 29.2 Å². The molecule has 27 heavy (non-hydrogen) atoms.